The highest BCUT2D eigenvalue weighted by atomic mass is 32.1. The minimum Gasteiger partial charge on any atom is -0.494 e. The Morgan fingerprint density at radius 2 is 1.66 bits per heavy atom. The third kappa shape index (κ3) is 7.50. The second kappa shape index (κ2) is 11.6. The van der Waals surface area contributed by atoms with Gasteiger partial charge >= 0.3 is 0 Å². The number of ether oxygens (including phenoxy) is 1. The Kier molecular flexibility index (Phi) is 8.50. The molecule has 1 aromatic heterocycles. The van der Waals surface area contributed by atoms with Gasteiger partial charge in [-0.2, -0.15) is 0 Å². The molecular weight excluding hydrogens is 383 g/mol. The van der Waals surface area contributed by atoms with Crippen LogP contribution in [0, 0.1) is 5.82 Å². The number of thiazole rings is 1. The van der Waals surface area contributed by atoms with Gasteiger partial charge in [0.05, 0.1) is 12.3 Å². The van der Waals surface area contributed by atoms with Crippen LogP contribution in [0.15, 0.2) is 53.9 Å². The summed E-state index contributed by atoms with van der Waals surface area (Å²) >= 11 is 1.57. The smallest absolute Gasteiger partial charge is 0.187 e. The molecule has 3 rings (SSSR count). The van der Waals surface area contributed by atoms with Crippen LogP contribution in [0.4, 0.5) is 15.2 Å². The van der Waals surface area contributed by atoms with Crippen molar-refractivity contribution in [2.24, 2.45) is 0 Å². The van der Waals surface area contributed by atoms with Crippen LogP contribution in [0.25, 0.3) is 0 Å². The number of nitrogens with one attached hydrogen (secondary N) is 1. The maximum atomic E-state index is 13.0. The van der Waals surface area contributed by atoms with E-state index in [1.807, 2.05) is 29.6 Å². The fourth-order valence-electron chi connectivity index (χ4n) is 3.09. The predicted molar refractivity (Wildman–Crippen MR) is 120 cm³/mol. The molecule has 0 atom stereocenters. The van der Waals surface area contributed by atoms with Gasteiger partial charge < -0.3 is 10.1 Å². The SMILES string of the molecule is CCCCCCCCOc1ccc(Nc2nc(Cc3ccc(F)cc3)cs2)cc1. The lowest BCUT2D eigenvalue weighted by Gasteiger charge is -2.08. The van der Waals surface area contributed by atoms with E-state index in [0.29, 0.717) is 6.42 Å². The number of hydrogen-bond donors (Lipinski definition) is 1. The van der Waals surface area contributed by atoms with Gasteiger partial charge in [-0.3, -0.25) is 0 Å². The molecule has 1 N–H and O–H groups in total. The third-order valence-corrected chi connectivity index (χ3v) is 5.53. The molecule has 0 amide bonds. The Bertz CT molecular complexity index is 846. The molecular formula is C24H29FN2OS. The summed E-state index contributed by atoms with van der Waals surface area (Å²) in [4.78, 5) is 4.62. The average molecular weight is 413 g/mol. The number of rotatable bonds is 12. The molecule has 0 fully saturated rings. The summed E-state index contributed by atoms with van der Waals surface area (Å²) in [6, 6.07) is 14.6. The second-order valence-electron chi connectivity index (χ2n) is 7.21. The molecule has 0 radical (unpaired) electrons. The van der Waals surface area contributed by atoms with Crippen molar-refractivity contribution < 1.29 is 9.13 Å². The van der Waals surface area contributed by atoms with E-state index in [4.69, 9.17) is 4.74 Å². The standard InChI is InChI=1S/C24H29FN2OS/c1-2-3-4-5-6-7-16-28-23-14-12-21(13-15-23)26-24-27-22(18-29-24)17-19-8-10-20(25)11-9-19/h8-15,18H,2-7,16-17H2,1H3,(H,26,27). The van der Waals surface area contributed by atoms with Crippen LogP contribution in [0.5, 0.6) is 5.75 Å². The van der Waals surface area contributed by atoms with Crippen LogP contribution < -0.4 is 10.1 Å². The zero-order valence-corrected chi connectivity index (χ0v) is 17.8. The number of hydrogen-bond acceptors (Lipinski definition) is 4. The molecule has 0 bridgehead atoms. The van der Waals surface area contributed by atoms with Crippen molar-refractivity contribution in [1.82, 2.24) is 4.98 Å². The number of halogens is 1. The van der Waals surface area contributed by atoms with E-state index >= 15 is 0 Å². The summed E-state index contributed by atoms with van der Waals surface area (Å²) < 4.78 is 18.8. The van der Waals surface area contributed by atoms with E-state index in [1.54, 1.807) is 23.5 Å². The number of nitrogens with zero attached hydrogens (tertiary/aromatic N) is 1. The molecule has 0 aliphatic carbocycles. The molecule has 3 nitrogen and oxygen atoms in total. The first-order valence-corrected chi connectivity index (χ1v) is 11.3. The van der Waals surface area contributed by atoms with Crippen LogP contribution in [-0.4, -0.2) is 11.6 Å². The molecule has 0 aliphatic rings. The van der Waals surface area contributed by atoms with E-state index in [-0.39, 0.29) is 5.82 Å². The van der Waals surface area contributed by atoms with E-state index in [0.717, 1.165) is 40.9 Å². The maximum Gasteiger partial charge on any atom is 0.187 e. The normalized spacial score (nSPS) is 10.8. The molecule has 2 aromatic carbocycles. The molecule has 1 heterocycles. The monoisotopic (exact) mass is 412 g/mol. The molecule has 29 heavy (non-hydrogen) atoms. The van der Waals surface area contributed by atoms with Crippen molar-refractivity contribution in [1.29, 1.82) is 0 Å². The van der Waals surface area contributed by atoms with Crippen molar-refractivity contribution in [2.75, 3.05) is 11.9 Å². The minimum atomic E-state index is -0.214. The molecule has 3 aromatic rings. The van der Waals surface area contributed by atoms with Crippen molar-refractivity contribution in [3.8, 4) is 5.75 Å². The van der Waals surface area contributed by atoms with Gasteiger partial charge in [0.25, 0.3) is 0 Å². The zero-order valence-electron chi connectivity index (χ0n) is 17.0. The summed E-state index contributed by atoms with van der Waals surface area (Å²) in [6.45, 7) is 3.02. The summed E-state index contributed by atoms with van der Waals surface area (Å²) in [7, 11) is 0. The first kappa shape index (κ1) is 21.3. The van der Waals surface area contributed by atoms with Crippen LogP contribution in [0.1, 0.15) is 56.7 Å². The number of aromatic nitrogens is 1. The average Bonchev–Trinajstić information content (AvgIpc) is 3.17. The van der Waals surface area contributed by atoms with Crippen molar-refractivity contribution in [3.63, 3.8) is 0 Å². The summed E-state index contributed by atoms with van der Waals surface area (Å²) in [6.07, 6.45) is 8.30. The quantitative estimate of drug-likeness (QED) is 0.316. The van der Waals surface area contributed by atoms with Gasteiger partial charge in [0.2, 0.25) is 0 Å². The van der Waals surface area contributed by atoms with Gasteiger partial charge in [0, 0.05) is 17.5 Å². The summed E-state index contributed by atoms with van der Waals surface area (Å²) in [5.41, 5.74) is 3.01. The molecule has 0 unspecified atom stereocenters. The van der Waals surface area contributed by atoms with E-state index < -0.39 is 0 Å². The molecule has 0 aliphatic heterocycles. The second-order valence-corrected chi connectivity index (χ2v) is 8.07. The largest absolute Gasteiger partial charge is 0.494 e. The molecule has 5 heteroatoms. The van der Waals surface area contributed by atoms with Crippen LogP contribution in [-0.2, 0) is 6.42 Å². The predicted octanol–water partition coefficient (Wildman–Crippen LogP) is 7.36. The van der Waals surface area contributed by atoms with E-state index in [1.165, 1.54) is 44.2 Å². The van der Waals surface area contributed by atoms with Crippen LogP contribution >= 0.6 is 11.3 Å². The summed E-state index contributed by atoms with van der Waals surface area (Å²) in [5.74, 6) is 0.689. The highest BCUT2D eigenvalue weighted by Crippen LogP contribution is 2.24. The maximum absolute atomic E-state index is 13.0. The highest BCUT2D eigenvalue weighted by Gasteiger charge is 2.05. The lowest BCUT2D eigenvalue weighted by molar-refractivity contribution is 0.304. The topological polar surface area (TPSA) is 34.1 Å². The minimum absolute atomic E-state index is 0.214. The van der Waals surface area contributed by atoms with E-state index in [2.05, 4.69) is 17.2 Å². The van der Waals surface area contributed by atoms with Crippen LogP contribution in [0.2, 0.25) is 0 Å². The molecule has 0 saturated carbocycles. The zero-order chi connectivity index (χ0) is 20.3. The van der Waals surface area contributed by atoms with E-state index in [9.17, 15) is 4.39 Å². The number of anilines is 2. The van der Waals surface area contributed by atoms with Gasteiger partial charge in [-0.15, -0.1) is 11.3 Å². The van der Waals surface area contributed by atoms with Crippen molar-refractivity contribution >= 4 is 22.2 Å². The Morgan fingerprint density at radius 3 is 2.41 bits per heavy atom. The van der Waals surface area contributed by atoms with Gasteiger partial charge in [-0.25, -0.2) is 9.37 Å². The van der Waals surface area contributed by atoms with Gasteiger partial charge in [-0.1, -0.05) is 51.2 Å². The van der Waals surface area contributed by atoms with Gasteiger partial charge in [0.1, 0.15) is 11.6 Å². The first-order chi connectivity index (χ1) is 14.2. The lowest BCUT2D eigenvalue weighted by atomic mass is 10.1. The Hall–Kier alpha value is -2.40. The number of benzene rings is 2. The molecule has 0 spiro atoms. The molecule has 0 saturated heterocycles. The lowest BCUT2D eigenvalue weighted by Crippen LogP contribution is -1.97. The highest BCUT2D eigenvalue weighted by molar-refractivity contribution is 7.13. The van der Waals surface area contributed by atoms with Crippen molar-refractivity contribution in [2.45, 2.75) is 51.9 Å². The van der Waals surface area contributed by atoms with Crippen LogP contribution in [0.3, 0.4) is 0 Å². The Balaban J connectivity index is 1.41. The Morgan fingerprint density at radius 1 is 0.931 bits per heavy atom. The summed E-state index contributed by atoms with van der Waals surface area (Å²) in [5, 5.41) is 6.22. The fourth-order valence-corrected chi connectivity index (χ4v) is 3.82. The number of unbranched alkanes of at least 4 members (excludes halogenated alkanes) is 5. The fraction of sp³-hybridized carbons (Fsp3) is 0.375. The first-order valence-electron chi connectivity index (χ1n) is 10.4. The van der Waals surface area contributed by atoms with Gasteiger partial charge in [0.15, 0.2) is 5.13 Å². The van der Waals surface area contributed by atoms with Crippen molar-refractivity contribution in [3.05, 3.63) is 71.0 Å². The van der Waals surface area contributed by atoms with Gasteiger partial charge in [-0.05, 0) is 48.4 Å². The molecule has 154 valence electrons. The third-order valence-electron chi connectivity index (χ3n) is 4.72. The Labute approximate surface area is 177 Å².